The molecule has 1 aliphatic heterocycles. The first kappa shape index (κ1) is 11.6. The number of hydrogen-bond donors (Lipinski definition) is 0. The summed E-state index contributed by atoms with van der Waals surface area (Å²) in [7, 11) is 0. The predicted octanol–water partition coefficient (Wildman–Crippen LogP) is 2.66. The Morgan fingerprint density at radius 1 is 1.50 bits per heavy atom. The molecule has 1 heterocycles. The average Bonchev–Trinajstić information content (AvgIpc) is 2.02. The molecule has 0 radical (unpaired) electrons. The zero-order chi connectivity index (χ0) is 10.8. The molecule has 0 aromatic carbocycles. The quantitative estimate of drug-likeness (QED) is 0.641. The summed E-state index contributed by atoms with van der Waals surface area (Å²) in [5.41, 5.74) is -0.570. The third kappa shape index (κ3) is 3.37. The summed E-state index contributed by atoms with van der Waals surface area (Å²) in [6.07, 6.45) is 2.12. The van der Waals surface area contributed by atoms with E-state index in [1.807, 2.05) is 4.90 Å². The van der Waals surface area contributed by atoms with Crippen molar-refractivity contribution in [3.63, 3.8) is 0 Å². The second kappa shape index (κ2) is 4.38. The monoisotopic (exact) mass is 206 g/mol. The summed E-state index contributed by atoms with van der Waals surface area (Å²) in [5.74, 6) is 0.511. The van der Waals surface area contributed by atoms with Crippen molar-refractivity contribution in [2.75, 3.05) is 19.6 Å². The molecule has 0 aromatic rings. The van der Waals surface area contributed by atoms with Crippen LogP contribution in [0.2, 0.25) is 0 Å². The summed E-state index contributed by atoms with van der Waals surface area (Å²) in [4.78, 5) is 1.85. The van der Waals surface area contributed by atoms with Crippen LogP contribution in [0.15, 0.2) is 12.1 Å². The lowest BCUT2D eigenvalue weighted by atomic mass is 9.80. The van der Waals surface area contributed by atoms with E-state index in [0.717, 1.165) is 25.9 Å². The zero-order valence-corrected chi connectivity index (χ0v) is 8.48. The van der Waals surface area contributed by atoms with E-state index in [1.165, 1.54) is 0 Å². The maximum Gasteiger partial charge on any atom is 0.506 e. The lowest BCUT2D eigenvalue weighted by Gasteiger charge is -2.33. The van der Waals surface area contributed by atoms with Crippen LogP contribution < -0.4 is 0 Å². The van der Waals surface area contributed by atoms with Gasteiger partial charge in [-0.1, -0.05) is 6.92 Å². The molecule has 5 heteroatoms. The lowest BCUT2D eigenvalue weighted by Crippen LogP contribution is -2.38. The number of likely N-dealkylation sites (tertiary alicyclic amines) is 1. The molecule has 82 valence electrons. The molecule has 0 saturated carbocycles. The molecule has 1 nitrogen and oxygen atoms in total. The maximum atomic E-state index is 12.2. The van der Waals surface area contributed by atoms with E-state index in [-0.39, 0.29) is 6.54 Å². The number of rotatable bonds is 3. The van der Waals surface area contributed by atoms with Crippen LogP contribution in [0.5, 0.6) is 0 Å². The van der Waals surface area contributed by atoms with Crippen LogP contribution in [0.25, 0.3) is 0 Å². The predicted molar refractivity (Wildman–Crippen MR) is 53.1 cm³/mol. The molecular formula is C9H16BF3N-. The summed E-state index contributed by atoms with van der Waals surface area (Å²) in [6.45, 7) is 1.87. The SMILES string of the molecule is C=C(CN1CCCC(C)C1)[B-](F)(F)F. The minimum Gasteiger partial charge on any atom is -0.445 e. The molecule has 1 atom stereocenters. The maximum absolute atomic E-state index is 12.2. The van der Waals surface area contributed by atoms with Gasteiger partial charge in [0, 0.05) is 6.54 Å². The fourth-order valence-corrected chi connectivity index (χ4v) is 1.82. The van der Waals surface area contributed by atoms with Crippen molar-refractivity contribution in [1.29, 1.82) is 0 Å². The molecule has 0 aliphatic carbocycles. The van der Waals surface area contributed by atoms with Crippen LogP contribution in [0.3, 0.4) is 0 Å². The second-order valence-corrected chi connectivity index (χ2v) is 4.22. The van der Waals surface area contributed by atoms with Gasteiger partial charge in [0.15, 0.2) is 0 Å². The summed E-state index contributed by atoms with van der Waals surface area (Å²) < 4.78 is 36.7. The number of piperidine rings is 1. The second-order valence-electron chi connectivity index (χ2n) is 4.22. The van der Waals surface area contributed by atoms with Crippen LogP contribution in [0.1, 0.15) is 19.8 Å². The zero-order valence-electron chi connectivity index (χ0n) is 8.48. The van der Waals surface area contributed by atoms with Crippen LogP contribution in [-0.4, -0.2) is 31.5 Å². The van der Waals surface area contributed by atoms with Crippen LogP contribution in [0.4, 0.5) is 12.9 Å². The summed E-state index contributed by atoms with van der Waals surface area (Å²) in [5, 5.41) is 0. The van der Waals surface area contributed by atoms with Crippen LogP contribution in [-0.2, 0) is 0 Å². The molecule has 1 unspecified atom stereocenters. The molecule has 0 amide bonds. The Labute approximate surface area is 83.0 Å². The van der Waals surface area contributed by atoms with E-state index in [2.05, 4.69) is 13.5 Å². The molecular weight excluding hydrogens is 190 g/mol. The smallest absolute Gasteiger partial charge is 0.445 e. The standard InChI is InChI=1S/C9H16BF3N/c1-8-4-3-5-14(6-8)7-9(2)10(11,12)13/h8H,2-7H2,1H3/q-1. The van der Waals surface area contributed by atoms with E-state index in [9.17, 15) is 12.9 Å². The van der Waals surface area contributed by atoms with Crippen LogP contribution >= 0.6 is 0 Å². The summed E-state index contributed by atoms with van der Waals surface area (Å²) in [6, 6.07) is 0. The van der Waals surface area contributed by atoms with E-state index in [4.69, 9.17) is 0 Å². The molecule has 0 N–H and O–H groups in total. The topological polar surface area (TPSA) is 3.24 Å². The van der Waals surface area contributed by atoms with Crippen molar-refractivity contribution in [1.82, 2.24) is 4.90 Å². The number of nitrogens with zero attached hydrogens (tertiary/aromatic N) is 1. The van der Waals surface area contributed by atoms with Gasteiger partial charge in [-0.25, -0.2) is 0 Å². The fourth-order valence-electron chi connectivity index (χ4n) is 1.82. The van der Waals surface area contributed by atoms with Gasteiger partial charge in [0.25, 0.3) is 0 Å². The van der Waals surface area contributed by atoms with E-state index in [1.54, 1.807) is 0 Å². The Hall–Kier alpha value is -0.445. The first-order chi connectivity index (χ1) is 6.39. The largest absolute Gasteiger partial charge is 0.506 e. The van der Waals surface area contributed by atoms with Gasteiger partial charge >= 0.3 is 6.98 Å². The van der Waals surface area contributed by atoms with Gasteiger partial charge in [0.1, 0.15) is 0 Å². The van der Waals surface area contributed by atoms with E-state index in [0.29, 0.717) is 5.92 Å². The van der Waals surface area contributed by atoms with Gasteiger partial charge in [-0.2, -0.15) is 0 Å². The minimum absolute atomic E-state index is 0.00611. The fraction of sp³-hybridized carbons (Fsp3) is 0.778. The Balaban J connectivity index is 2.40. The van der Waals surface area contributed by atoms with E-state index < -0.39 is 12.4 Å². The lowest BCUT2D eigenvalue weighted by molar-refractivity contribution is 0.198. The molecule has 1 rings (SSSR count). The van der Waals surface area contributed by atoms with Crippen LogP contribution in [0, 0.1) is 5.92 Å². The Morgan fingerprint density at radius 2 is 2.14 bits per heavy atom. The van der Waals surface area contributed by atoms with Gasteiger partial charge in [0.2, 0.25) is 0 Å². The molecule has 0 spiro atoms. The third-order valence-corrected chi connectivity index (χ3v) is 2.63. The summed E-state index contributed by atoms with van der Waals surface area (Å²) >= 11 is 0. The molecule has 0 bridgehead atoms. The van der Waals surface area contributed by atoms with Crippen molar-refractivity contribution in [3.05, 3.63) is 12.1 Å². The minimum atomic E-state index is -4.85. The average molecular weight is 206 g/mol. The highest BCUT2D eigenvalue weighted by molar-refractivity contribution is 6.66. The van der Waals surface area contributed by atoms with Gasteiger partial charge in [-0.3, -0.25) is 0 Å². The van der Waals surface area contributed by atoms with Gasteiger partial charge in [-0.05, 0) is 31.8 Å². The Morgan fingerprint density at radius 3 is 2.64 bits per heavy atom. The highest BCUT2D eigenvalue weighted by Gasteiger charge is 2.28. The highest BCUT2D eigenvalue weighted by atomic mass is 19.4. The number of hydrogen-bond acceptors (Lipinski definition) is 1. The van der Waals surface area contributed by atoms with E-state index >= 15 is 0 Å². The normalized spacial score (nSPS) is 25.0. The van der Waals surface area contributed by atoms with Gasteiger partial charge in [0.05, 0.1) is 0 Å². The van der Waals surface area contributed by atoms with Crippen molar-refractivity contribution < 1.29 is 12.9 Å². The van der Waals surface area contributed by atoms with Gasteiger partial charge in [-0.15, -0.1) is 12.1 Å². The third-order valence-electron chi connectivity index (χ3n) is 2.63. The molecule has 1 fully saturated rings. The molecule has 14 heavy (non-hydrogen) atoms. The first-order valence-electron chi connectivity index (χ1n) is 4.99. The van der Waals surface area contributed by atoms with Crippen molar-refractivity contribution in [2.45, 2.75) is 19.8 Å². The Bertz CT molecular complexity index is 215. The highest BCUT2D eigenvalue weighted by Crippen LogP contribution is 2.22. The van der Waals surface area contributed by atoms with Crippen molar-refractivity contribution >= 4 is 6.98 Å². The van der Waals surface area contributed by atoms with Crippen molar-refractivity contribution in [2.24, 2.45) is 5.92 Å². The Kier molecular flexibility index (Phi) is 3.64. The molecule has 1 aliphatic rings. The molecule has 0 aromatic heterocycles. The van der Waals surface area contributed by atoms with Gasteiger partial charge < -0.3 is 17.8 Å². The first-order valence-corrected chi connectivity index (χ1v) is 4.99. The number of halogens is 3. The molecule has 1 saturated heterocycles. The van der Waals surface area contributed by atoms with Crippen molar-refractivity contribution in [3.8, 4) is 0 Å².